The quantitative estimate of drug-likeness (QED) is 0.783. The van der Waals surface area contributed by atoms with Crippen LogP contribution in [0, 0.1) is 0 Å². The lowest BCUT2D eigenvalue weighted by Gasteiger charge is -2.17. The van der Waals surface area contributed by atoms with Crippen LogP contribution in [0.4, 0.5) is 0 Å². The van der Waals surface area contributed by atoms with Crippen LogP contribution in [0.1, 0.15) is 23.1 Å². The largest absolute Gasteiger partial charge is 0.330 e. The van der Waals surface area contributed by atoms with Gasteiger partial charge in [0.2, 0.25) is 0 Å². The standard InChI is InChI=1S/C13H18N2/c14-7-2-1-3-11-4-5-13-10-15-8-6-12(13)9-11/h1,3-5,9,15H,2,6-8,10,14H2. The highest BCUT2D eigenvalue weighted by molar-refractivity contribution is 5.52. The number of rotatable bonds is 3. The molecule has 0 aliphatic carbocycles. The summed E-state index contributed by atoms with van der Waals surface area (Å²) >= 11 is 0. The first kappa shape index (κ1) is 10.4. The maximum Gasteiger partial charge on any atom is 0.0208 e. The number of nitrogens with two attached hydrogens (primary N) is 1. The van der Waals surface area contributed by atoms with E-state index in [0.717, 1.165) is 32.5 Å². The minimum atomic E-state index is 0.728. The van der Waals surface area contributed by atoms with Crippen molar-refractivity contribution >= 4 is 6.08 Å². The molecule has 0 unspecified atom stereocenters. The first-order chi connectivity index (χ1) is 7.40. The third kappa shape index (κ3) is 2.67. The van der Waals surface area contributed by atoms with E-state index in [1.165, 1.54) is 16.7 Å². The van der Waals surface area contributed by atoms with E-state index in [1.54, 1.807) is 0 Å². The first-order valence-electron chi connectivity index (χ1n) is 5.59. The number of hydrogen-bond acceptors (Lipinski definition) is 2. The molecule has 3 N–H and O–H groups in total. The fraction of sp³-hybridized carbons (Fsp3) is 0.385. The van der Waals surface area contributed by atoms with Gasteiger partial charge in [0.25, 0.3) is 0 Å². The molecule has 0 saturated carbocycles. The van der Waals surface area contributed by atoms with Crippen LogP contribution in [0.2, 0.25) is 0 Å². The Morgan fingerprint density at radius 2 is 2.27 bits per heavy atom. The van der Waals surface area contributed by atoms with Gasteiger partial charge in [0.15, 0.2) is 0 Å². The SMILES string of the molecule is NCCC=Cc1ccc2c(c1)CCNC2. The van der Waals surface area contributed by atoms with E-state index < -0.39 is 0 Å². The molecule has 2 nitrogen and oxygen atoms in total. The molecule has 1 aromatic rings. The minimum absolute atomic E-state index is 0.728. The number of nitrogens with one attached hydrogen (secondary N) is 1. The van der Waals surface area contributed by atoms with E-state index in [-0.39, 0.29) is 0 Å². The van der Waals surface area contributed by atoms with Gasteiger partial charge in [0.05, 0.1) is 0 Å². The Labute approximate surface area is 91.2 Å². The van der Waals surface area contributed by atoms with Crippen molar-refractivity contribution in [3.8, 4) is 0 Å². The van der Waals surface area contributed by atoms with E-state index in [4.69, 9.17) is 5.73 Å². The zero-order chi connectivity index (χ0) is 10.5. The Morgan fingerprint density at radius 1 is 1.33 bits per heavy atom. The second-order valence-corrected chi connectivity index (χ2v) is 3.93. The van der Waals surface area contributed by atoms with Crippen molar-refractivity contribution in [2.75, 3.05) is 13.1 Å². The van der Waals surface area contributed by atoms with Crippen molar-refractivity contribution in [3.63, 3.8) is 0 Å². The van der Waals surface area contributed by atoms with Gasteiger partial charge in [-0.15, -0.1) is 0 Å². The van der Waals surface area contributed by atoms with Crippen molar-refractivity contribution < 1.29 is 0 Å². The molecule has 0 saturated heterocycles. The first-order valence-corrected chi connectivity index (χ1v) is 5.59. The highest BCUT2D eigenvalue weighted by atomic mass is 14.9. The second kappa shape index (κ2) is 5.10. The maximum absolute atomic E-state index is 5.44. The summed E-state index contributed by atoms with van der Waals surface area (Å²) in [5.74, 6) is 0. The average molecular weight is 202 g/mol. The van der Waals surface area contributed by atoms with E-state index in [0.29, 0.717) is 0 Å². The lowest BCUT2D eigenvalue weighted by Crippen LogP contribution is -2.23. The van der Waals surface area contributed by atoms with Gasteiger partial charge >= 0.3 is 0 Å². The predicted molar refractivity (Wildman–Crippen MR) is 64.6 cm³/mol. The summed E-state index contributed by atoms with van der Waals surface area (Å²) in [5.41, 5.74) is 9.67. The molecule has 1 aliphatic heterocycles. The molecule has 80 valence electrons. The van der Waals surface area contributed by atoms with Gasteiger partial charge in [-0.3, -0.25) is 0 Å². The molecule has 0 aromatic heterocycles. The molecular weight excluding hydrogens is 184 g/mol. The molecular formula is C13H18N2. The lowest BCUT2D eigenvalue weighted by atomic mass is 9.98. The average Bonchev–Trinajstić information content (AvgIpc) is 2.29. The molecule has 0 fully saturated rings. The fourth-order valence-corrected chi connectivity index (χ4v) is 1.92. The Kier molecular flexibility index (Phi) is 3.54. The van der Waals surface area contributed by atoms with Crippen LogP contribution in [-0.4, -0.2) is 13.1 Å². The van der Waals surface area contributed by atoms with E-state index in [9.17, 15) is 0 Å². The Balaban J connectivity index is 2.13. The Hall–Kier alpha value is -1.12. The lowest BCUT2D eigenvalue weighted by molar-refractivity contribution is 0.643. The second-order valence-electron chi connectivity index (χ2n) is 3.93. The number of hydrogen-bond donors (Lipinski definition) is 2. The summed E-state index contributed by atoms with van der Waals surface area (Å²) in [4.78, 5) is 0. The minimum Gasteiger partial charge on any atom is -0.330 e. The zero-order valence-electron chi connectivity index (χ0n) is 9.00. The van der Waals surface area contributed by atoms with Crippen molar-refractivity contribution in [1.82, 2.24) is 5.32 Å². The van der Waals surface area contributed by atoms with Crippen LogP contribution in [-0.2, 0) is 13.0 Å². The molecule has 1 aliphatic rings. The van der Waals surface area contributed by atoms with Crippen LogP contribution < -0.4 is 11.1 Å². The smallest absolute Gasteiger partial charge is 0.0208 e. The van der Waals surface area contributed by atoms with E-state index >= 15 is 0 Å². The summed E-state index contributed by atoms with van der Waals surface area (Å²) in [7, 11) is 0. The van der Waals surface area contributed by atoms with Gasteiger partial charge in [-0.05, 0) is 42.6 Å². The summed E-state index contributed by atoms with van der Waals surface area (Å²) in [6.45, 7) is 2.84. The van der Waals surface area contributed by atoms with E-state index in [1.807, 2.05) is 0 Å². The molecule has 0 amide bonds. The predicted octanol–water partition coefficient (Wildman–Crippen LogP) is 1.69. The number of fused-ring (bicyclic) bond motifs is 1. The van der Waals surface area contributed by atoms with Crippen molar-refractivity contribution in [1.29, 1.82) is 0 Å². The van der Waals surface area contributed by atoms with Crippen molar-refractivity contribution in [2.45, 2.75) is 19.4 Å². The fourth-order valence-electron chi connectivity index (χ4n) is 1.92. The topological polar surface area (TPSA) is 38.0 Å². The van der Waals surface area contributed by atoms with Gasteiger partial charge in [0, 0.05) is 6.54 Å². The molecule has 1 aromatic carbocycles. The van der Waals surface area contributed by atoms with Gasteiger partial charge in [0.1, 0.15) is 0 Å². The Morgan fingerprint density at radius 3 is 3.13 bits per heavy atom. The van der Waals surface area contributed by atoms with Crippen LogP contribution in [0.5, 0.6) is 0 Å². The summed E-state index contributed by atoms with van der Waals surface area (Å²) in [5, 5.41) is 3.38. The molecule has 1 heterocycles. The Bertz CT molecular complexity index is 356. The molecule has 0 bridgehead atoms. The monoisotopic (exact) mass is 202 g/mol. The normalized spacial score (nSPS) is 15.5. The molecule has 0 radical (unpaired) electrons. The molecule has 0 atom stereocenters. The summed E-state index contributed by atoms with van der Waals surface area (Å²) in [6.07, 6.45) is 6.41. The van der Waals surface area contributed by atoms with Crippen LogP contribution >= 0.6 is 0 Å². The van der Waals surface area contributed by atoms with Gasteiger partial charge in [-0.1, -0.05) is 30.4 Å². The highest BCUT2D eigenvalue weighted by Crippen LogP contribution is 2.16. The molecule has 15 heavy (non-hydrogen) atoms. The number of benzene rings is 1. The third-order valence-corrected chi connectivity index (χ3v) is 2.76. The zero-order valence-corrected chi connectivity index (χ0v) is 9.00. The van der Waals surface area contributed by atoms with Crippen LogP contribution in [0.25, 0.3) is 6.08 Å². The third-order valence-electron chi connectivity index (χ3n) is 2.76. The van der Waals surface area contributed by atoms with Crippen LogP contribution in [0.3, 0.4) is 0 Å². The van der Waals surface area contributed by atoms with Gasteiger partial charge < -0.3 is 11.1 Å². The maximum atomic E-state index is 5.44. The van der Waals surface area contributed by atoms with Crippen molar-refractivity contribution in [2.24, 2.45) is 5.73 Å². The van der Waals surface area contributed by atoms with Crippen molar-refractivity contribution in [3.05, 3.63) is 41.0 Å². The highest BCUT2D eigenvalue weighted by Gasteiger charge is 2.07. The summed E-state index contributed by atoms with van der Waals surface area (Å²) in [6, 6.07) is 6.70. The van der Waals surface area contributed by atoms with Gasteiger partial charge in [-0.2, -0.15) is 0 Å². The summed E-state index contributed by atoms with van der Waals surface area (Å²) < 4.78 is 0. The van der Waals surface area contributed by atoms with E-state index in [2.05, 4.69) is 35.7 Å². The van der Waals surface area contributed by atoms with Gasteiger partial charge in [-0.25, -0.2) is 0 Å². The molecule has 2 heteroatoms. The molecule has 0 spiro atoms. The molecule has 2 rings (SSSR count). The van der Waals surface area contributed by atoms with Crippen LogP contribution in [0.15, 0.2) is 24.3 Å².